The number of rotatable bonds is 5. The van der Waals surface area contributed by atoms with Crippen molar-refractivity contribution in [2.75, 3.05) is 18.9 Å². The molecule has 1 aromatic heterocycles. The number of amides is 1. The van der Waals surface area contributed by atoms with E-state index in [2.05, 4.69) is 20.7 Å². The molecule has 0 unspecified atom stereocenters. The zero-order chi connectivity index (χ0) is 14.5. The first-order chi connectivity index (χ1) is 9.60. The SMILES string of the molecule is CNc1ccc(C(=O)NCCc2ncn(C)n2)cc1C. The number of aromatic nitrogens is 3. The molecule has 2 aromatic rings. The monoisotopic (exact) mass is 273 g/mol. The Labute approximate surface area is 118 Å². The predicted octanol–water partition coefficient (Wildman–Crippen LogP) is 1.14. The van der Waals surface area contributed by atoms with Crippen molar-refractivity contribution in [1.29, 1.82) is 0 Å². The lowest BCUT2D eigenvalue weighted by molar-refractivity contribution is 0.0954. The minimum Gasteiger partial charge on any atom is -0.388 e. The number of nitrogens with one attached hydrogen (secondary N) is 2. The summed E-state index contributed by atoms with van der Waals surface area (Å²) in [6, 6.07) is 5.60. The summed E-state index contributed by atoms with van der Waals surface area (Å²) >= 11 is 0. The molecule has 0 aliphatic rings. The van der Waals surface area contributed by atoms with Crippen LogP contribution in [0.1, 0.15) is 21.7 Å². The van der Waals surface area contributed by atoms with Gasteiger partial charge < -0.3 is 10.6 Å². The third-order valence-electron chi connectivity index (χ3n) is 3.04. The quantitative estimate of drug-likeness (QED) is 0.857. The fourth-order valence-corrected chi connectivity index (χ4v) is 1.97. The van der Waals surface area contributed by atoms with Gasteiger partial charge >= 0.3 is 0 Å². The lowest BCUT2D eigenvalue weighted by Crippen LogP contribution is -2.26. The van der Waals surface area contributed by atoms with Crippen LogP contribution in [0.15, 0.2) is 24.5 Å². The zero-order valence-corrected chi connectivity index (χ0v) is 12.0. The van der Waals surface area contributed by atoms with E-state index in [-0.39, 0.29) is 5.91 Å². The second-order valence-electron chi connectivity index (χ2n) is 4.62. The Balaban J connectivity index is 1.90. The van der Waals surface area contributed by atoms with Crippen LogP contribution >= 0.6 is 0 Å². The van der Waals surface area contributed by atoms with E-state index < -0.39 is 0 Å². The fourth-order valence-electron chi connectivity index (χ4n) is 1.97. The van der Waals surface area contributed by atoms with Crippen molar-refractivity contribution in [3.63, 3.8) is 0 Å². The molecule has 0 aliphatic heterocycles. The number of nitrogens with zero attached hydrogens (tertiary/aromatic N) is 3. The van der Waals surface area contributed by atoms with Crippen LogP contribution < -0.4 is 10.6 Å². The summed E-state index contributed by atoms with van der Waals surface area (Å²) in [6.45, 7) is 2.50. The van der Waals surface area contributed by atoms with Crippen LogP contribution in [0, 0.1) is 6.92 Å². The van der Waals surface area contributed by atoms with Gasteiger partial charge in [-0.15, -0.1) is 0 Å². The fraction of sp³-hybridized carbons (Fsp3) is 0.357. The van der Waals surface area contributed by atoms with Crippen molar-refractivity contribution in [2.24, 2.45) is 7.05 Å². The van der Waals surface area contributed by atoms with E-state index in [1.165, 1.54) is 0 Å². The maximum Gasteiger partial charge on any atom is 0.251 e. The molecule has 6 heteroatoms. The topological polar surface area (TPSA) is 71.8 Å². The van der Waals surface area contributed by atoms with Crippen molar-refractivity contribution in [1.82, 2.24) is 20.1 Å². The van der Waals surface area contributed by atoms with Gasteiger partial charge in [0.25, 0.3) is 5.91 Å². The Hall–Kier alpha value is -2.37. The van der Waals surface area contributed by atoms with E-state index >= 15 is 0 Å². The molecule has 0 bridgehead atoms. The number of aryl methyl sites for hydroxylation is 2. The molecule has 20 heavy (non-hydrogen) atoms. The lowest BCUT2D eigenvalue weighted by Gasteiger charge is -2.08. The molecular formula is C14H19N5O. The highest BCUT2D eigenvalue weighted by Gasteiger charge is 2.07. The molecule has 1 heterocycles. The molecule has 1 aromatic carbocycles. The van der Waals surface area contributed by atoms with Gasteiger partial charge in [0.2, 0.25) is 0 Å². The normalized spacial score (nSPS) is 10.3. The summed E-state index contributed by atoms with van der Waals surface area (Å²) in [6.07, 6.45) is 2.27. The van der Waals surface area contributed by atoms with Crippen LogP contribution in [0.3, 0.4) is 0 Å². The first-order valence-corrected chi connectivity index (χ1v) is 6.51. The molecule has 2 N–H and O–H groups in total. The minimum atomic E-state index is -0.0771. The third kappa shape index (κ3) is 3.34. The van der Waals surface area contributed by atoms with E-state index in [1.54, 1.807) is 11.0 Å². The second kappa shape index (κ2) is 6.18. The van der Waals surface area contributed by atoms with E-state index in [9.17, 15) is 4.79 Å². The molecule has 0 aliphatic carbocycles. The van der Waals surface area contributed by atoms with Crippen LogP contribution in [0.4, 0.5) is 5.69 Å². The van der Waals surface area contributed by atoms with Gasteiger partial charge in [0.05, 0.1) is 0 Å². The first kappa shape index (κ1) is 14.0. The van der Waals surface area contributed by atoms with E-state index in [0.717, 1.165) is 17.1 Å². The van der Waals surface area contributed by atoms with Crippen molar-refractivity contribution < 1.29 is 4.79 Å². The van der Waals surface area contributed by atoms with Crippen molar-refractivity contribution in [3.05, 3.63) is 41.5 Å². The largest absolute Gasteiger partial charge is 0.388 e. The molecule has 0 saturated heterocycles. The van der Waals surface area contributed by atoms with E-state index in [1.807, 2.05) is 39.2 Å². The minimum absolute atomic E-state index is 0.0771. The Morgan fingerprint density at radius 1 is 1.40 bits per heavy atom. The standard InChI is InChI=1S/C14H19N5O/c1-10-8-11(4-5-12(10)15-2)14(20)16-7-6-13-17-9-19(3)18-13/h4-5,8-9,15H,6-7H2,1-3H3,(H,16,20). The van der Waals surface area contributed by atoms with Crippen LogP contribution in [0.2, 0.25) is 0 Å². The lowest BCUT2D eigenvalue weighted by atomic mass is 10.1. The molecule has 0 atom stereocenters. The Kier molecular flexibility index (Phi) is 4.34. The summed E-state index contributed by atoms with van der Waals surface area (Å²) in [4.78, 5) is 16.1. The third-order valence-corrected chi connectivity index (χ3v) is 3.04. The molecule has 6 nitrogen and oxygen atoms in total. The van der Waals surface area contributed by atoms with Gasteiger partial charge in [-0.25, -0.2) is 4.98 Å². The maximum atomic E-state index is 12.0. The summed E-state index contributed by atoms with van der Waals surface area (Å²) in [7, 11) is 3.68. The molecule has 0 spiro atoms. The smallest absolute Gasteiger partial charge is 0.251 e. The van der Waals surface area contributed by atoms with Crippen molar-refractivity contribution >= 4 is 11.6 Å². The van der Waals surface area contributed by atoms with Gasteiger partial charge in [0, 0.05) is 38.3 Å². The van der Waals surface area contributed by atoms with Gasteiger partial charge in [0.15, 0.2) is 5.82 Å². The highest BCUT2D eigenvalue weighted by molar-refractivity contribution is 5.94. The Bertz CT molecular complexity index is 605. The van der Waals surface area contributed by atoms with E-state index in [0.29, 0.717) is 18.5 Å². The van der Waals surface area contributed by atoms with Gasteiger partial charge in [-0.3, -0.25) is 9.48 Å². The van der Waals surface area contributed by atoms with Gasteiger partial charge in [-0.05, 0) is 30.7 Å². The maximum absolute atomic E-state index is 12.0. The summed E-state index contributed by atoms with van der Waals surface area (Å²) in [5, 5.41) is 10.1. The Morgan fingerprint density at radius 2 is 2.20 bits per heavy atom. The van der Waals surface area contributed by atoms with Gasteiger partial charge in [0.1, 0.15) is 6.33 Å². The highest BCUT2D eigenvalue weighted by atomic mass is 16.1. The molecule has 0 fully saturated rings. The highest BCUT2D eigenvalue weighted by Crippen LogP contribution is 2.15. The number of hydrogen-bond acceptors (Lipinski definition) is 4. The van der Waals surface area contributed by atoms with Crippen molar-refractivity contribution in [3.8, 4) is 0 Å². The van der Waals surface area contributed by atoms with Crippen LogP contribution in [0.5, 0.6) is 0 Å². The zero-order valence-electron chi connectivity index (χ0n) is 12.0. The molecule has 0 radical (unpaired) electrons. The number of hydrogen-bond donors (Lipinski definition) is 2. The number of carbonyl (C=O) groups excluding carboxylic acids is 1. The van der Waals surface area contributed by atoms with E-state index in [4.69, 9.17) is 0 Å². The first-order valence-electron chi connectivity index (χ1n) is 6.51. The average Bonchev–Trinajstić information content (AvgIpc) is 2.84. The number of carbonyl (C=O) groups is 1. The number of anilines is 1. The molecule has 2 rings (SSSR count). The molecule has 106 valence electrons. The Morgan fingerprint density at radius 3 is 2.80 bits per heavy atom. The summed E-state index contributed by atoms with van der Waals surface area (Å²) in [5.74, 6) is 0.654. The van der Waals surface area contributed by atoms with Gasteiger partial charge in [-0.2, -0.15) is 5.10 Å². The van der Waals surface area contributed by atoms with Crippen LogP contribution in [-0.4, -0.2) is 34.3 Å². The van der Waals surface area contributed by atoms with Crippen molar-refractivity contribution in [2.45, 2.75) is 13.3 Å². The van der Waals surface area contributed by atoms with Gasteiger partial charge in [-0.1, -0.05) is 0 Å². The molecule has 1 amide bonds. The average molecular weight is 273 g/mol. The van der Waals surface area contributed by atoms with Crippen LogP contribution in [0.25, 0.3) is 0 Å². The predicted molar refractivity (Wildman–Crippen MR) is 77.8 cm³/mol. The molecule has 0 saturated carbocycles. The number of benzene rings is 1. The summed E-state index contributed by atoms with van der Waals surface area (Å²) in [5.41, 5.74) is 2.74. The summed E-state index contributed by atoms with van der Waals surface area (Å²) < 4.78 is 1.65. The second-order valence-corrected chi connectivity index (χ2v) is 4.62. The molecular weight excluding hydrogens is 254 g/mol. The van der Waals surface area contributed by atoms with Crippen LogP contribution in [-0.2, 0) is 13.5 Å².